The van der Waals surface area contributed by atoms with Gasteiger partial charge >= 0.3 is 0 Å². The van der Waals surface area contributed by atoms with Gasteiger partial charge < -0.3 is 20.3 Å². The van der Waals surface area contributed by atoms with Gasteiger partial charge in [-0.2, -0.15) is 0 Å². The molecule has 3 aromatic rings. The molecule has 0 bridgehead atoms. The molecule has 40 heavy (non-hydrogen) atoms. The number of fused-ring (bicyclic) bond motifs is 2. The van der Waals surface area contributed by atoms with Crippen molar-refractivity contribution in [1.82, 2.24) is 15.1 Å². The first-order valence-corrected chi connectivity index (χ1v) is 14.5. The number of nitrogens with one attached hydrogen (secondary N) is 2. The van der Waals surface area contributed by atoms with Gasteiger partial charge in [0, 0.05) is 37.1 Å². The van der Waals surface area contributed by atoms with Gasteiger partial charge in [0.05, 0.1) is 30.9 Å². The third kappa shape index (κ3) is 6.01. The Labute approximate surface area is 237 Å². The van der Waals surface area contributed by atoms with Gasteiger partial charge in [0.2, 0.25) is 11.8 Å². The lowest BCUT2D eigenvalue weighted by molar-refractivity contribution is -0.121. The molecule has 3 amide bonds. The van der Waals surface area contributed by atoms with E-state index in [1.807, 2.05) is 41.8 Å². The van der Waals surface area contributed by atoms with Crippen LogP contribution in [0.2, 0.25) is 0 Å². The Morgan fingerprint density at radius 2 is 1.82 bits per heavy atom. The first-order valence-electron chi connectivity index (χ1n) is 13.7. The van der Waals surface area contributed by atoms with Crippen LogP contribution >= 0.6 is 11.3 Å². The van der Waals surface area contributed by atoms with Gasteiger partial charge in [-0.25, -0.2) is 0 Å². The van der Waals surface area contributed by atoms with Crippen molar-refractivity contribution in [3.63, 3.8) is 0 Å². The summed E-state index contributed by atoms with van der Waals surface area (Å²) in [6, 6.07) is 17.0. The van der Waals surface area contributed by atoms with Crippen molar-refractivity contribution >= 4 is 46.9 Å². The van der Waals surface area contributed by atoms with Gasteiger partial charge in [0.25, 0.3) is 5.91 Å². The van der Waals surface area contributed by atoms with Crippen LogP contribution in [0.25, 0.3) is 12.2 Å². The lowest BCUT2D eigenvalue weighted by Gasteiger charge is -2.26. The summed E-state index contributed by atoms with van der Waals surface area (Å²) in [5.41, 5.74) is 4.20. The highest BCUT2D eigenvalue weighted by atomic mass is 32.1. The third-order valence-electron chi connectivity index (χ3n) is 7.63. The molecule has 1 aromatic heterocycles. The molecule has 2 atom stereocenters. The molecule has 2 fully saturated rings. The minimum absolute atomic E-state index is 0.0973. The summed E-state index contributed by atoms with van der Waals surface area (Å²) in [5.74, 6) is -0.515. The Balaban J connectivity index is 1.11. The Bertz CT molecular complexity index is 1410. The fourth-order valence-electron chi connectivity index (χ4n) is 5.53. The van der Waals surface area contributed by atoms with E-state index in [1.54, 1.807) is 11.0 Å². The lowest BCUT2D eigenvalue weighted by Crippen LogP contribution is -2.41. The van der Waals surface area contributed by atoms with E-state index in [1.165, 1.54) is 16.9 Å². The van der Waals surface area contributed by atoms with Crippen LogP contribution in [0.15, 0.2) is 60.0 Å². The maximum absolute atomic E-state index is 13.6. The number of nitrogens with zero attached hydrogens (tertiary/aromatic N) is 2. The summed E-state index contributed by atoms with van der Waals surface area (Å²) in [4.78, 5) is 44.1. The summed E-state index contributed by atoms with van der Waals surface area (Å²) in [5, 5.41) is 7.88. The standard InChI is InChI=1S/C31H32N4O4S/c36-29(18-25-2-1-15-40-25)32-24-17-28-30(37)33-27-10-9-22(16-26(27)31(38)35(28)20-24)6-3-21-4-7-23(8-5-21)19-34-11-13-39-14-12-34/h1-10,15-16,24,28H,11-14,17-20H2,(H,32,36)(H,33,37). The minimum Gasteiger partial charge on any atom is -0.379 e. The van der Waals surface area contributed by atoms with Crippen LogP contribution in [-0.4, -0.2) is 72.5 Å². The van der Waals surface area contributed by atoms with E-state index in [2.05, 4.69) is 39.8 Å². The molecule has 2 unspecified atom stereocenters. The SMILES string of the molecule is O=C(Cc1cccs1)NC1CC2C(=O)Nc3ccc(C=Cc4ccc(CN5CCOCC5)cc4)cc3C(=O)N2C1. The van der Waals surface area contributed by atoms with E-state index >= 15 is 0 Å². The average molecular weight is 557 g/mol. The third-order valence-corrected chi connectivity index (χ3v) is 8.51. The van der Waals surface area contributed by atoms with Gasteiger partial charge in [-0.1, -0.05) is 48.6 Å². The molecule has 0 spiro atoms. The van der Waals surface area contributed by atoms with Crippen LogP contribution in [0.5, 0.6) is 0 Å². The zero-order chi connectivity index (χ0) is 27.5. The number of amides is 3. The van der Waals surface area contributed by atoms with Crippen molar-refractivity contribution in [3.05, 3.63) is 87.1 Å². The van der Waals surface area contributed by atoms with Crippen molar-refractivity contribution < 1.29 is 19.1 Å². The highest BCUT2D eigenvalue weighted by Gasteiger charge is 2.43. The molecule has 9 heteroatoms. The van der Waals surface area contributed by atoms with Crippen molar-refractivity contribution in [2.45, 2.75) is 31.5 Å². The van der Waals surface area contributed by atoms with Gasteiger partial charge in [0.15, 0.2) is 0 Å². The molecule has 0 radical (unpaired) electrons. The van der Waals surface area contributed by atoms with E-state index in [0.29, 0.717) is 30.6 Å². The fraction of sp³-hybridized carbons (Fsp3) is 0.323. The van der Waals surface area contributed by atoms with Crippen LogP contribution in [0.1, 0.15) is 38.3 Å². The number of carbonyl (C=O) groups excluding carboxylic acids is 3. The molecule has 3 aliphatic rings. The molecule has 2 saturated heterocycles. The number of hydrogen-bond donors (Lipinski definition) is 2. The first-order chi connectivity index (χ1) is 19.5. The predicted octanol–water partition coefficient (Wildman–Crippen LogP) is 3.64. The highest BCUT2D eigenvalue weighted by molar-refractivity contribution is 7.10. The fourth-order valence-corrected chi connectivity index (χ4v) is 6.23. The van der Waals surface area contributed by atoms with E-state index in [4.69, 9.17) is 4.74 Å². The number of ether oxygens (including phenoxy) is 1. The van der Waals surface area contributed by atoms with Crippen LogP contribution in [0.3, 0.4) is 0 Å². The van der Waals surface area contributed by atoms with Crippen molar-refractivity contribution in [2.75, 3.05) is 38.2 Å². The second-order valence-electron chi connectivity index (χ2n) is 10.5. The van der Waals surface area contributed by atoms with E-state index < -0.39 is 6.04 Å². The molecule has 3 aliphatic heterocycles. The topological polar surface area (TPSA) is 91.0 Å². The van der Waals surface area contributed by atoms with E-state index in [9.17, 15) is 14.4 Å². The number of anilines is 1. The summed E-state index contributed by atoms with van der Waals surface area (Å²) in [6.07, 6.45) is 4.70. The molecule has 206 valence electrons. The van der Waals surface area contributed by atoms with Crippen molar-refractivity contribution in [1.29, 1.82) is 0 Å². The van der Waals surface area contributed by atoms with Crippen molar-refractivity contribution in [3.8, 4) is 0 Å². The Hall–Kier alpha value is -3.79. The Kier molecular flexibility index (Phi) is 7.77. The average Bonchev–Trinajstić information content (AvgIpc) is 3.62. The van der Waals surface area contributed by atoms with Crippen molar-refractivity contribution in [2.24, 2.45) is 0 Å². The van der Waals surface area contributed by atoms with Crippen LogP contribution < -0.4 is 10.6 Å². The molecule has 0 saturated carbocycles. The van der Waals surface area contributed by atoms with Crippen LogP contribution in [-0.2, 0) is 27.3 Å². The second-order valence-corrected chi connectivity index (χ2v) is 11.5. The normalized spacial score (nSPS) is 21.1. The zero-order valence-electron chi connectivity index (χ0n) is 22.2. The Morgan fingerprint density at radius 3 is 2.60 bits per heavy atom. The van der Waals surface area contributed by atoms with Gasteiger partial charge in [0.1, 0.15) is 6.04 Å². The number of carbonyl (C=O) groups is 3. The van der Waals surface area contributed by atoms with E-state index in [0.717, 1.165) is 48.9 Å². The maximum atomic E-state index is 13.6. The molecular weight excluding hydrogens is 524 g/mol. The monoisotopic (exact) mass is 556 g/mol. The largest absolute Gasteiger partial charge is 0.379 e. The molecule has 0 aliphatic carbocycles. The van der Waals surface area contributed by atoms with Crippen LogP contribution in [0, 0.1) is 0 Å². The quantitative estimate of drug-likeness (QED) is 0.434. The molecular formula is C31H32N4O4S. The molecule has 6 rings (SSSR count). The first kappa shape index (κ1) is 26.4. The molecule has 4 heterocycles. The molecule has 2 aromatic carbocycles. The minimum atomic E-state index is -0.609. The highest BCUT2D eigenvalue weighted by Crippen LogP contribution is 2.30. The number of benzene rings is 2. The Morgan fingerprint density at radius 1 is 1.05 bits per heavy atom. The number of morpholine rings is 1. The van der Waals surface area contributed by atoms with Gasteiger partial charge in [-0.3, -0.25) is 19.3 Å². The predicted molar refractivity (Wildman–Crippen MR) is 156 cm³/mol. The second kappa shape index (κ2) is 11.8. The van der Waals surface area contributed by atoms with Gasteiger partial charge in [-0.05, 0) is 46.7 Å². The maximum Gasteiger partial charge on any atom is 0.256 e. The van der Waals surface area contributed by atoms with E-state index in [-0.39, 0.29) is 23.8 Å². The molecule has 2 N–H and O–H groups in total. The summed E-state index contributed by atoms with van der Waals surface area (Å²) >= 11 is 1.54. The summed E-state index contributed by atoms with van der Waals surface area (Å²) in [7, 11) is 0. The zero-order valence-corrected chi connectivity index (χ0v) is 23.0. The van der Waals surface area contributed by atoms with Crippen LogP contribution in [0.4, 0.5) is 5.69 Å². The lowest BCUT2D eigenvalue weighted by atomic mass is 10.1. The summed E-state index contributed by atoms with van der Waals surface area (Å²) < 4.78 is 5.43. The number of rotatable bonds is 7. The number of hydrogen-bond acceptors (Lipinski definition) is 6. The molecule has 8 nitrogen and oxygen atoms in total. The number of thiophene rings is 1. The van der Waals surface area contributed by atoms with Gasteiger partial charge in [-0.15, -0.1) is 11.3 Å². The smallest absolute Gasteiger partial charge is 0.256 e. The summed E-state index contributed by atoms with van der Waals surface area (Å²) in [6.45, 7) is 4.73.